The quantitative estimate of drug-likeness (QED) is 0.560. The zero-order chi connectivity index (χ0) is 11.3. The molecule has 0 bridgehead atoms. The second-order valence-electron chi connectivity index (χ2n) is 3.21. The number of unbranched alkanes of at least 4 members (excludes halogenated alkanes) is 1. The Morgan fingerprint density at radius 3 is 2.47 bits per heavy atom. The second kappa shape index (κ2) is 6.48. The van der Waals surface area contributed by atoms with Crippen molar-refractivity contribution in [2.24, 2.45) is 0 Å². The van der Waals surface area contributed by atoms with Crippen LogP contribution in [0.3, 0.4) is 0 Å². The normalized spacial score (nSPS) is 11.1. The monoisotopic (exact) mass is 262 g/mol. The summed E-state index contributed by atoms with van der Waals surface area (Å²) < 4.78 is 0. The molecule has 0 aliphatic carbocycles. The summed E-state index contributed by atoms with van der Waals surface area (Å²) in [5.74, 6) is 0. The fraction of sp³-hybridized carbons (Fsp3) is 0.364. The van der Waals surface area contributed by atoms with E-state index in [0.717, 1.165) is 19.0 Å². The predicted molar refractivity (Wildman–Crippen MR) is 68.9 cm³/mol. The van der Waals surface area contributed by atoms with Crippen LogP contribution >= 0.6 is 31.8 Å². The van der Waals surface area contributed by atoms with E-state index in [2.05, 4.69) is 6.92 Å². The molecule has 0 fully saturated rings. The molecule has 82 valence electrons. The van der Waals surface area contributed by atoms with Crippen LogP contribution in [0.2, 0.25) is 10.0 Å². The standard InChI is InChI=1S/C11H13Cl2OP/c1-2-3-7-15-11(14)10-8(12)5-4-6-9(10)13/h4-6,15H,2-3,7H2,1H3. The summed E-state index contributed by atoms with van der Waals surface area (Å²) in [4.78, 5) is 11.8. The minimum atomic E-state index is 0.0686. The summed E-state index contributed by atoms with van der Waals surface area (Å²) in [6.45, 7) is 2.11. The fourth-order valence-corrected chi connectivity index (χ4v) is 3.11. The molecule has 1 nitrogen and oxygen atoms in total. The van der Waals surface area contributed by atoms with Gasteiger partial charge in [-0.2, -0.15) is 0 Å². The van der Waals surface area contributed by atoms with Gasteiger partial charge < -0.3 is 0 Å². The van der Waals surface area contributed by atoms with E-state index in [1.54, 1.807) is 18.2 Å². The second-order valence-corrected chi connectivity index (χ2v) is 5.33. The van der Waals surface area contributed by atoms with Gasteiger partial charge in [0.1, 0.15) is 0 Å². The molecule has 0 spiro atoms. The molecule has 1 aromatic rings. The molecule has 1 atom stereocenters. The Balaban J connectivity index is 2.73. The van der Waals surface area contributed by atoms with E-state index in [-0.39, 0.29) is 14.1 Å². The van der Waals surface area contributed by atoms with Gasteiger partial charge in [0, 0.05) is 0 Å². The number of hydrogen-bond donors (Lipinski definition) is 0. The Bertz CT molecular complexity index is 332. The lowest BCUT2D eigenvalue weighted by molar-refractivity contribution is 0.108. The van der Waals surface area contributed by atoms with Crippen molar-refractivity contribution in [1.29, 1.82) is 0 Å². The zero-order valence-corrected chi connectivity index (χ0v) is 11.0. The van der Waals surface area contributed by atoms with Crippen LogP contribution in [0.25, 0.3) is 0 Å². The largest absolute Gasteiger partial charge is 0.289 e. The highest BCUT2D eigenvalue weighted by molar-refractivity contribution is 7.58. The Morgan fingerprint density at radius 1 is 1.33 bits per heavy atom. The lowest BCUT2D eigenvalue weighted by Gasteiger charge is -2.05. The first-order valence-electron chi connectivity index (χ1n) is 4.89. The lowest BCUT2D eigenvalue weighted by atomic mass is 10.2. The average Bonchev–Trinajstić information content (AvgIpc) is 2.18. The van der Waals surface area contributed by atoms with Crippen LogP contribution in [0.1, 0.15) is 30.1 Å². The van der Waals surface area contributed by atoms with Crippen molar-refractivity contribution in [2.75, 3.05) is 6.16 Å². The highest BCUT2D eigenvalue weighted by Crippen LogP contribution is 2.31. The molecule has 0 heterocycles. The van der Waals surface area contributed by atoms with Gasteiger partial charge in [-0.05, 0) is 33.3 Å². The minimum absolute atomic E-state index is 0.0686. The maximum atomic E-state index is 11.8. The Morgan fingerprint density at radius 2 is 1.93 bits per heavy atom. The van der Waals surface area contributed by atoms with Crippen molar-refractivity contribution in [2.45, 2.75) is 19.8 Å². The highest BCUT2D eigenvalue weighted by Gasteiger charge is 2.13. The third-order valence-electron chi connectivity index (χ3n) is 2.01. The molecule has 0 N–H and O–H groups in total. The predicted octanol–water partition coefficient (Wildman–Crippen LogP) is 4.61. The molecular formula is C11H13Cl2OP. The highest BCUT2D eigenvalue weighted by atomic mass is 35.5. The number of hydrogen-bond acceptors (Lipinski definition) is 1. The summed E-state index contributed by atoms with van der Waals surface area (Å²) in [6.07, 6.45) is 3.11. The summed E-state index contributed by atoms with van der Waals surface area (Å²) in [5, 5.41) is 0.910. The van der Waals surface area contributed by atoms with E-state index in [1.165, 1.54) is 0 Å². The van der Waals surface area contributed by atoms with Gasteiger partial charge in [0.25, 0.3) is 0 Å². The summed E-state index contributed by atoms with van der Waals surface area (Å²) >= 11 is 11.9. The van der Waals surface area contributed by atoms with Gasteiger partial charge in [-0.3, -0.25) is 4.79 Å². The van der Waals surface area contributed by atoms with Crippen LogP contribution in [-0.2, 0) is 0 Å². The number of halogens is 2. The summed E-state index contributed by atoms with van der Waals surface area (Å²) in [5.41, 5.74) is 0.550. The molecule has 0 radical (unpaired) electrons. The Labute approximate surface area is 102 Å². The molecular weight excluding hydrogens is 250 g/mol. The van der Waals surface area contributed by atoms with Crippen molar-refractivity contribution < 1.29 is 4.79 Å². The zero-order valence-electron chi connectivity index (χ0n) is 8.52. The third kappa shape index (κ3) is 3.75. The Hall–Kier alpha value is -0.100. The molecule has 0 saturated carbocycles. The molecule has 1 rings (SSSR count). The first-order valence-corrected chi connectivity index (χ1v) is 6.85. The fourth-order valence-electron chi connectivity index (χ4n) is 1.18. The van der Waals surface area contributed by atoms with E-state index in [1.807, 2.05) is 0 Å². The van der Waals surface area contributed by atoms with Crippen LogP contribution in [0.5, 0.6) is 0 Å². The first kappa shape index (κ1) is 13.0. The molecule has 15 heavy (non-hydrogen) atoms. The van der Waals surface area contributed by atoms with E-state index in [4.69, 9.17) is 23.2 Å². The SMILES string of the molecule is CCCCPC(=O)c1c(Cl)cccc1Cl. The van der Waals surface area contributed by atoms with Crippen molar-refractivity contribution >= 4 is 37.3 Å². The molecule has 1 unspecified atom stereocenters. The molecule has 0 amide bonds. The van der Waals surface area contributed by atoms with Crippen LogP contribution in [-0.4, -0.2) is 11.7 Å². The van der Waals surface area contributed by atoms with Gasteiger partial charge in [0.15, 0.2) is 5.52 Å². The van der Waals surface area contributed by atoms with Crippen LogP contribution < -0.4 is 0 Å². The lowest BCUT2D eigenvalue weighted by Crippen LogP contribution is -1.95. The first-order chi connectivity index (χ1) is 7.16. The van der Waals surface area contributed by atoms with Crippen LogP contribution in [0.15, 0.2) is 18.2 Å². The molecule has 0 aliphatic heterocycles. The summed E-state index contributed by atoms with van der Waals surface area (Å²) in [6, 6.07) is 5.15. The minimum Gasteiger partial charge on any atom is -0.289 e. The molecule has 1 aromatic carbocycles. The van der Waals surface area contributed by atoms with E-state index in [0.29, 0.717) is 15.6 Å². The number of carbonyl (C=O) groups excluding carboxylic acids is 1. The molecule has 0 aromatic heterocycles. The molecule has 4 heteroatoms. The van der Waals surface area contributed by atoms with E-state index in [9.17, 15) is 4.79 Å². The Kier molecular flexibility index (Phi) is 5.60. The van der Waals surface area contributed by atoms with Crippen molar-refractivity contribution in [1.82, 2.24) is 0 Å². The average molecular weight is 263 g/mol. The van der Waals surface area contributed by atoms with Gasteiger partial charge in [0.05, 0.1) is 15.6 Å². The van der Waals surface area contributed by atoms with Crippen molar-refractivity contribution in [3.63, 3.8) is 0 Å². The molecule has 0 aliphatic rings. The third-order valence-corrected chi connectivity index (χ3v) is 3.81. The maximum Gasteiger partial charge on any atom is 0.184 e. The number of benzene rings is 1. The number of rotatable bonds is 5. The molecule has 0 saturated heterocycles. The smallest absolute Gasteiger partial charge is 0.184 e. The van der Waals surface area contributed by atoms with Gasteiger partial charge in [-0.1, -0.05) is 42.6 Å². The van der Waals surface area contributed by atoms with Crippen molar-refractivity contribution in [3.05, 3.63) is 33.8 Å². The van der Waals surface area contributed by atoms with Gasteiger partial charge in [0.2, 0.25) is 0 Å². The summed E-state index contributed by atoms with van der Waals surface area (Å²) in [7, 11) is 0.275. The van der Waals surface area contributed by atoms with Gasteiger partial charge >= 0.3 is 0 Å². The van der Waals surface area contributed by atoms with E-state index >= 15 is 0 Å². The van der Waals surface area contributed by atoms with Crippen molar-refractivity contribution in [3.8, 4) is 0 Å². The maximum absolute atomic E-state index is 11.8. The topological polar surface area (TPSA) is 17.1 Å². The van der Waals surface area contributed by atoms with Crippen LogP contribution in [0.4, 0.5) is 0 Å². The number of carbonyl (C=O) groups is 1. The van der Waals surface area contributed by atoms with Crippen LogP contribution in [0, 0.1) is 0 Å². The van der Waals surface area contributed by atoms with Gasteiger partial charge in [-0.25, -0.2) is 0 Å². The van der Waals surface area contributed by atoms with Gasteiger partial charge in [-0.15, -0.1) is 0 Å². The van der Waals surface area contributed by atoms with E-state index < -0.39 is 0 Å².